The highest BCUT2D eigenvalue weighted by Crippen LogP contribution is 2.20. The molecule has 6 heteroatoms. The van der Waals surface area contributed by atoms with Crippen LogP contribution >= 0.6 is 0 Å². The van der Waals surface area contributed by atoms with Crippen molar-refractivity contribution in [3.63, 3.8) is 0 Å². The minimum atomic E-state index is 0.00200. The molecule has 2 amide bonds. The molecule has 23 heavy (non-hydrogen) atoms. The molecule has 0 aliphatic carbocycles. The Balaban J connectivity index is 1.72. The summed E-state index contributed by atoms with van der Waals surface area (Å²) in [6.45, 7) is 2.24. The summed E-state index contributed by atoms with van der Waals surface area (Å²) < 4.78 is 0. The standard InChI is InChI=1S/C17H26N4O2/c1-20(2)10-11-21-15(5-6-17(21)23)7-9-19-16(22)12-14-4-3-8-18-13-14/h3-4,8,13,15H,5-7,9-12H2,1-2H3,(H,19,22)/t15-/m1/s1. The minimum Gasteiger partial charge on any atom is -0.356 e. The molecule has 6 nitrogen and oxygen atoms in total. The van der Waals surface area contributed by atoms with E-state index in [9.17, 15) is 9.59 Å². The van der Waals surface area contributed by atoms with Gasteiger partial charge in [-0.25, -0.2) is 0 Å². The largest absolute Gasteiger partial charge is 0.356 e. The van der Waals surface area contributed by atoms with Crippen LogP contribution < -0.4 is 5.32 Å². The zero-order valence-electron chi connectivity index (χ0n) is 14.0. The summed E-state index contributed by atoms with van der Waals surface area (Å²) in [6, 6.07) is 3.97. The number of nitrogens with zero attached hydrogens (tertiary/aromatic N) is 3. The highest BCUT2D eigenvalue weighted by molar-refractivity contribution is 5.79. The van der Waals surface area contributed by atoms with Crippen LogP contribution in [0.4, 0.5) is 0 Å². The predicted octanol–water partition coefficient (Wildman–Crippen LogP) is 0.683. The first-order chi connectivity index (χ1) is 11.1. The average Bonchev–Trinajstić information content (AvgIpc) is 2.86. The molecule has 0 aromatic carbocycles. The second-order valence-corrected chi connectivity index (χ2v) is 6.26. The molecule has 0 bridgehead atoms. The van der Waals surface area contributed by atoms with E-state index in [4.69, 9.17) is 0 Å². The van der Waals surface area contributed by atoms with Gasteiger partial charge in [0.15, 0.2) is 0 Å². The topological polar surface area (TPSA) is 65.5 Å². The van der Waals surface area contributed by atoms with Crippen molar-refractivity contribution in [1.82, 2.24) is 20.1 Å². The Morgan fingerprint density at radius 3 is 3.00 bits per heavy atom. The zero-order valence-corrected chi connectivity index (χ0v) is 14.0. The Bertz CT molecular complexity index is 519. The summed E-state index contributed by atoms with van der Waals surface area (Å²) in [5.74, 6) is 0.237. The number of nitrogens with one attached hydrogen (secondary N) is 1. The highest BCUT2D eigenvalue weighted by Gasteiger charge is 2.30. The summed E-state index contributed by atoms with van der Waals surface area (Å²) in [6.07, 6.45) is 6.09. The Morgan fingerprint density at radius 1 is 1.48 bits per heavy atom. The highest BCUT2D eigenvalue weighted by atomic mass is 16.2. The van der Waals surface area contributed by atoms with Crippen molar-refractivity contribution in [2.75, 3.05) is 33.7 Å². The van der Waals surface area contributed by atoms with Crippen LogP contribution in [0.2, 0.25) is 0 Å². The molecule has 1 atom stereocenters. The third kappa shape index (κ3) is 5.63. The monoisotopic (exact) mass is 318 g/mol. The Hall–Kier alpha value is -1.95. The van der Waals surface area contributed by atoms with E-state index in [-0.39, 0.29) is 17.9 Å². The van der Waals surface area contributed by atoms with E-state index in [0.717, 1.165) is 31.5 Å². The van der Waals surface area contributed by atoms with E-state index in [1.165, 1.54) is 0 Å². The number of carbonyl (C=O) groups is 2. The molecule has 1 aliphatic heterocycles. The first kappa shape index (κ1) is 17.4. The van der Waals surface area contributed by atoms with Crippen molar-refractivity contribution < 1.29 is 9.59 Å². The van der Waals surface area contributed by atoms with Gasteiger partial charge in [-0.1, -0.05) is 6.07 Å². The number of aromatic nitrogens is 1. The molecule has 126 valence electrons. The maximum Gasteiger partial charge on any atom is 0.224 e. The lowest BCUT2D eigenvalue weighted by atomic mass is 10.1. The second kappa shape index (κ2) is 8.62. The summed E-state index contributed by atoms with van der Waals surface area (Å²) in [5, 5.41) is 2.94. The maximum absolute atomic E-state index is 11.9. The van der Waals surface area contributed by atoms with E-state index in [0.29, 0.717) is 19.4 Å². The molecular weight excluding hydrogens is 292 g/mol. The quantitative estimate of drug-likeness (QED) is 0.766. The zero-order chi connectivity index (χ0) is 16.7. The molecule has 2 rings (SSSR count). The maximum atomic E-state index is 11.9. The number of pyridine rings is 1. The Labute approximate surface area is 137 Å². The van der Waals surface area contributed by atoms with E-state index in [2.05, 4.69) is 15.2 Å². The van der Waals surface area contributed by atoms with Gasteiger partial charge in [0, 0.05) is 44.5 Å². The molecule has 0 unspecified atom stereocenters. The normalized spacial score (nSPS) is 17.8. The molecular formula is C17H26N4O2. The van der Waals surface area contributed by atoms with Crippen molar-refractivity contribution in [1.29, 1.82) is 0 Å². The Kier molecular flexibility index (Phi) is 6.52. The third-order valence-electron chi connectivity index (χ3n) is 4.13. The smallest absolute Gasteiger partial charge is 0.224 e. The lowest BCUT2D eigenvalue weighted by molar-refractivity contribution is -0.129. The molecule has 0 radical (unpaired) electrons. The van der Waals surface area contributed by atoms with E-state index in [1.807, 2.05) is 31.1 Å². The predicted molar refractivity (Wildman–Crippen MR) is 88.9 cm³/mol. The van der Waals surface area contributed by atoms with Crippen molar-refractivity contribution in [2.24, 2.45) is 0 Å². The number of hydrogen-bond acceptors (Lipinski definition) is 4. The fourth-order valence-corrected chi connectivity index (χ4v) is 2.84. The van der Waals surface area contributed by atoms with Gasteiger partial charge in [-0.2, -0.15) is 0 Å². The van der Waals surface area contributed by atoms with Crippen molar-refractivity contribution in [2.45, 2.75) is 31.7 Å². The average molecular weight is 318 g/mol. The van der Waals surface area contributed by atoms with Crippen LogP contribution in [0.25, 0.3) is 0 Å². The fourth-order valence-electron chi connectivity index (χ4n) is 2.84. The van der Waals surface area contributed by atoms with E-state index in [1.54, 1.807) is 12.4 Å². The van der Waals surface area contributed by atoms with Crippen LogP contribution in [-0.4, -0.2) is 66.4 Å². The van der Waals surface area contributed by atoms with Crippen molar-refractivity contribution >= 4 is 11.8 Å². The number of carbonyl (C=O) groups excluding carboxylic acids is 2. The van der Waals surface area contributed by atoms with Crippen LogP contribution in [0.1, 0.15) is 24.8 Å². The van der Waals surface area contributed by atoms with Crippen molar-refractivity contribution in [3.8, 4) is 0 Å². The van der Waals surface area contributed by atoms with Gasteiger partial charge in [-0.05, 0) is 38.6 Å². The molecule has 1 aromatic rings. The van der Waals surface area contributed by atoms with Gasteiger partial charge >= 0.3 is 0 Å². The van der Waals surface area contributed by atoms with Crippen LogP contribution in [0.3, 0.4) is 0 Å². The Morgan fingerprint density at radius 2 is 2.30 bits per heavy atom. The van der Waals surface area contributed by atoms with Crippen molar-refractivity contribution in [3.05, 3.63) is 30.1 Å². The molecule has 1 saturated heterocycles. The first-order valence-corrected chi connectivity index (χ1v) is 8.16. The molecule has 1 fully saturated rings. The van der Waals surface area contributed by atoms with Crippen LogP contribution in [0.5, 0.6) is 0 Å². The number of amides is 2. The lowest BCUT2D eigenvalue weighted by Crippen LogP contribution is -2.40. The van der Waals surface area contributed by atoms with Gasteiger partial charge in [0.2, 0.25) is 11.8 Å². The van der Waals surface area contributed by atoms with E-state index >= 15 is 0 Å². The van der Waals surface area contributed by atoms with Gasteiger partial charge in [0.25, 0.3) is 0 Å². The summed E-state index contributed by atoms with van der Waals surface area (Å²) >= 11 is 0. The lowest BCUT2D eigenvalue weighted by Gasteiger charge is -2.26. The van der Waals surface area contributed by atoms with Gasteiger partial charge in [-0.15, -0.1) is 0 Å². The summed E-state index contributed by atoms with van der Waals surface area (Å²) in [4.78, 5) is 31.9. The number of hydrogen-bond donors (Lipinski definition) is 1. The van der Waals surface area contributed by atoms with E-state index < -0.39 is 0 Å². The molecule has 0 saturated carbocycles. The fraction of sp³-hybridized carbons (Fsp3) is 0.588. The van der Waals surface area contributed by atoms with Crippen LogP contribution in [-0.2, 0) is 16.0 Å². The van der Waals surface area contributed by atoms with Gasteiger partial charge < -0.3 is 15.1 Å². The molecule has 1 aromatic heterocycles. The third-order valence-corrected chi connectivity index (χ3v) is 4.13. The number of likely N-dealkylation sites (N-methyl/N-ethyl adjacent to an activating group) is 1. The van der Waals surface area contributed by atoms with Crippen LogP contribution in [0, 0.1) is 0 Å². The minimum absolute atomic E-state index is 0.00200. The number of rotatable bonds is 8. The number of likely N-dealkylation sites (tertiary alicyclic amines) is 1. The first-order valence-electron chi connectivity index (χ1n) is 8.16. The second-order valence-electron chi connectivity index (χ2n) is 6.26. The van der Waals surface area contributed by atoms with Crippen LogP contribution in [0.15, 0.2) is 24.5 Å². The summed E-state index contributed by atoms with van der Waals surface area (Å²) in [5.41, 5.74) is 0.911. The SMILES string of the molecule is CN(C)CCN1C(=O)CC[C@@H]1CCNC(=O)Cc1cccnc1. The molecule has 1 N–H and O–H groups in total. The summed E-state index contributed by atoms with van der Waals surface area (Å²) in [7, 11) is 4.02. The molecule has 2 heterocycles. The molecule has 0 spiro atoms. The van der Waals surface area contributed by atoms with Gasteiger partial charge in [0.1, 0.15) is 0 Å². The van der Waals surface area contributed by atoms with Gasteiger partial charge in [-0.3, -0.25) is 14.6 Å². The molecule has 1 aliphatic rings. The van der Waals surface area contributed by atoms with Gasteiger partial charge in [0.05, 0.1) is 6.42 Å².